The zero-order valence-corrected chi connectivity index (χ0v) is 11.2. The number of rotatable bonds is 4. The van der Waals surface area contributed by atoms with E-state index in [1.165, 1.54) is 12.1 Å². The van der Waals surface area contributed by atoms with Gasteiger partial charge in [0.15, 0.2) is 24.0 Å². The molecule has 0 bridgehead atoms. The first-order chi connectivity index (χ1) is 10.0. The van der Waals surface area contributed by atoms with Crippen LogP contribution in [0, 0.1) is 29.9 Å². The number of hydrogen-bond acceptors (Lipinski definition) is 3. The number of halogens is 2. The number of hydrogen-bond donors (Lipinski definition) is 0. The lowest BCUT2D eigenvalue weighted by Gasteiger charge is -2.09. The van der Waals surface area contributed by atoms with Crippen molar-refractivity contribution in [2.24, 2.45) is 0 Å². The Kier molecular flexibility index (Phi) is 4.29. The molecule has 0 saturated carbocycles. The van der Waals surface area contributed by atoms with E-state index in [1.807, 2.05) is 6.07 Å². The van der Waals surface area contributed by atoms with Crippen LogP contribution >= 0.6 is 0 Å². The molecule has 3 nitrogen and oxygen atoms in total. The van der Waals surface area contributed by atoms with E-state index < -0.39 is 17.4 Å². The van der Waals surface area contributed by atoms with Crippen molar-refractivity contribution < 1.29 is 18.3 Å². The molecule has 0 radical (unpaired) electrons. The van der Waals surface area contributed by atoms with Gasteiger partial charge < -0.3 is 4.74 Å². The summed E-state index contributed by atoms with van der Waals surface area (Å²) in [4.78, 5) is 11.9. The van der Waals surface area contributed by atoms with Crippen LogP contribution in [0.3, 0.4) is 0 Å². The topological polar surface area (TPSA) is 50.1 Å². The minimum Gasteiger partial charge on any atom is -0.485 e. The van der Waals surface area contributed by atoms with E-state index in [-0.39, 0.29) is 12.2 Å². The lowest BCUT2D eigenvalue weighted by Crippen LogP contribution is -2.12. The Labute approximate surface area is 120 Å². The molecule has 0 aliphatic carbocycles. The first-order valence-corrected chi connectivity index (χ1v) is 6.13. The summed E-state index contributed by atoms with van der Waals surface area (Å²) in [6, 6.07) is 9.76. The lowest BCUT2D eigenvalue weighted by molar-refractivity contribution is 0.0920. The van der Waals surface area contributed by atoms with Crippen LogP contribution in [0.5, 0.6) is 5.75 Å². The molecule has 0 amide bonds. The molecule has 0 heterocycles. The minimum absolute atomic E-state index is 0.0305. The van der Waals surface area contributed by atoms with Gasteiger partial charge in [0, 0.05) is 5.56 Å². The van der Waals surface area contributed by atoms with Crippen LogP contribution in [-0.2, 0) is 0 Å². The fraction of sp³-hybridized carbons (Fsp3) is 0.125. The maximum Gasteiger partial charge on any atom is 0.200 e. The van der Waals surface area contributed by atoms with Gasteiger partial charge in [-0.15, -0.1) is 0 Å². The van der Waals surface area contributed by atoms with Crippen LogP contribution in [0.1, 0.15) is 21.5 Å². The number of carbonyl (C=O) groups is 1. The number of nitrogens with zero attached hydrogens (tertiary/aromatic N) is 1. The van der Waals surface area contributed by atoms with Gasteiger partial charge in [0.1, 0.15) is 5.75 Å². The van der Waals surface area contributed by atoms with Gasteiger partial charge in [0.25, 0.3) is 0 Å². The van der Waals surface area contributed by atoms with Crippen molar-refractivity contribution in [3.8, 4) is 11.8 Å². The molecule has 0 aliphatic heterocycles. The van der Waals surface area contributed by atoms with Crippen molar-refractivity contribution in [3.63, 3.8) is 0 Å². The number of ether oxygens (including phenoxy) is 1. The summed E-state index contributed by atoms with van der Waals surface area (Å²) >= 11 is 0. The number of aryl methyl sites for hydroxylation is 1. The van der Waals surface area contributed by atoms with Crippen LogP contribution in [0.2, 0.25) is 0 Å². The quantitative estimate of drug-likeness (QED) is 0.810. The first-order valence-electron chi connectivity index (χ1n) is 6.13. The molecule has 0 aliphatic rings. The third-order valence-corrected chi connectivity index (χ3v) is 2.92. The van der Waals surface area contributed by atoms with Crippen LogP contribution in [0.25, 0.3) is 0 Å². The molecule has 106 valence electrons. The number of nitriles is 1. The van der Waals surface area contributed by atoms with Gasteiger partial charge in [0.05, 0.1) is 11.6 Å². The number of Topliss-reactive ketones (excluding diaryl/α,β-unsaturated/α-hetero) is 1. The highest BCUT2D eigenvalue weighted by atomic mass is 19.2. The molecule has 2 aromatic carbocycles. The zero-order valence-electron chi connectivity index (χ0n) is 11.2. The van der Waals surface area contributed by atoms with E-state index in [4.69, 9.17) is 10.00 Å². The smallest absolute Gasteiger partial charge is 0.200 e. The SMILES string of the molecule is Cc1ccc(C#N)cc1OCC(=O)c1ccc(F)c(F)c1. The van der Waals surface area contributed by atoms with Gasteiger partial charge in [-0.05, 0) is 42.8 Å². The average Bonchev–Trinajstić information content (AvgIpc) is 2.49. The Morgan fingerprint density at radius 3 is 2.62 bits per heavy atom. The van der Waals surface area contributed by atoms with Crippen molar-refractivity contribution >= 4 is 5.78 Å². The lowest BCUT2D eigenvalue weighted by atomic mass is 10.1. The maximum atomic E-state index is 13.1. The van der Waals surface area contributed by atoms with Crippen molar-refractivity contribution in [2.45, 2.75) is 6.92 Å². The highest BCUT2D eigenvalue weighted by Crippen LogP contribution is 2.19. The largest absolute Gasteiger partial charge is 0.485 e. The predicted octanol–water partition coefficient (Wildman–Crippen LogP) is 3.41. The van der Waals surface area contributed by atoms with Gasteiger partial charge in [0.2, 0.25) is 0 Å². The molecule has 2 aromatic rings. The van der Waals surface area contributed by atoms with E-state index in [0.29, 0.717) is 11.3 Å². The summed E-state index contributed by atoms with van der Waals surface area (Å²) in [6.45, 7) is 1.46. The van der Waals surface area contributed by atoms with Crippen LogP contribution in [-0.4, -0.2) is 12.4 Å². The molecule has 0 spiro atoms. The standard InChI is InChI=1S/C16H11F2NO2/c1-10-2-3-11(8-19)6-16(10)21-9-15(20)12-4-5-13(17)14(18)7-12/h2-7H,9H2,1H3. The second-order valence-electron chi connectivity index (χ2n) is 4.43. The van der Waals surface area contributed by atoms with Crippen LogP contribution < -0.4 is 4.74 Å². The van der Waals surface area contributed by atoms with Crippen LogP contribution in [0.15, 0.2) is 36.4 Å². The van der Waals surface area contributed by atoms with Gasteiger partial charge in [-0.25, -0.2) is 8.78 Å². The molecule has 0 unspecified atom stereocenters. The minimum atomic E-state index is -1.08. The Morgan fingerprint density at radius 2 is 1.95 bits per heavy atom. The number of benzene rings is 2. The zero-order chi connectivity index (χ0) is 15.4. The molecule has 0 saturated heterocycles. The summed E-state index contributed by atoms with van der Waals surface area (Å²) < 4.78 is 31.2. The summed E-state index contributed by atoms with van der Waals surface area (Å²) in [7, 11) is 0. The first kappa shape index (κ1) is 14.7. The molecular formula is C16H11F2NO2. The molecule has 2 rings (SSSR count). The van der Waals surface area contributed by atoms with E-state index in [9.17, 15) is 13.6 Å². The molecule has 0 atom stereocenters. The van der Waals surface area contributed by atoms with Crippen molar-refractivity contribution in [1.82, 2.24) is 0 Å². The van der Waals surface area contributed by atoms with Crippen molar-refractivity contribution in [3.05, 3.63) is 64.7 Å². The fourth-order valence-corrected chi connectivity index (χ4v) is 1.72. The maximum absolute atomic E-state index is 13.1. The van der Waals surface area contributed by atoms with Crippen molar-refractivity contribution in [2.75, 3.05) is 6.61 Å². The molecule has 21 heavy (non-hydrogen) atoms. The van der Waals surface area contributed by atoms with Crippen LogP contribution in [0.4, 0.5) is 8.78 Å². The molecule has 0 aromatic heterocycles. The van der Waals surface area contributed by atoms with Crippen molar-refractivity contribution in [1.29, 1.82) is 5.26 Å². The molecule has 5 heteroatoms. The summed E-state index contributed by atoms with van der Waals surface area (Å²) in [5.41, 5.74) is 1.21. The monoisotopic (exact) mass is 287 g/mol. The fourth-order valence-electron chi connectivity index (χ4n) is 1.72. The van der Waals surface area contributed by atoms with Gasteiger partial charge >= 0.3 is 0 Å². The Balaban J connectivity index is 2.11. The van der Waals surface area contributed by atoms with Gasteiger partial charge in [-0.1, -0.05) is 6.07 Å². The summed E-state index contributed by atoms with van der Waals surface area (Å²) in [5, 5.41) is 8.82. The Morgan fingerprint density at radius 1 is 1.19 bits per heavy atom. The second-order valence-corrected chi connectivity index (χ2v) is 4.43. The molecule has 0 fully saturated rings. The Hall–Kier alpha value is -2.74. The third-order valence-electron chi connectivity index (χ3n) is 2.92. The average molecular weight is 287 g/mol. The molecular weight excluding hydrogens is 276 g/mol. The van der Waals surface area contributed by atoms with Gasteiger partial charge in [-0.3, -0.25) is 4.79 Å². The predicted molar refractivity (Wildman–Crippen MR) is 72.1 cm³/mol. The number of carbonyl (C=O) groups excluding carboxylic acids is 1. The van der Waals surface area contributed by atoms with Gasteiger partial charge in [-0.2, -0.15) is 5.26 Å². The van der Waals surface area contributed by atoms with E-state index in [1.54, 1.807) is 19.1 Å². The number of ketones is 1. The summed E-state index contributed by atoms with van der Waals surface area (Å²) in [6.07, 6.45) is 0. The third kappa shape index (κ3) is 3.42. The van der Waals surface area contributed by atoms with E-state index in [2.05, 4.69) is 0 Å². The Bertz CT molecular complexity index is 736. The summed E-state index contributed by atoms with van der Waals surface area (Å²) in [5.74, 6) is -2.16. The highest BCUT2D eigenvalue weighted by Gasteiger charge is 2.11. The normalized spacial score (nSPS) is 10.0. The van der Waals surface area contributed by atoms with E-state index in [0.717, 1.165) is 17.7 Å². The highest BCUT2D eigenvalue weighted by molar-refractivity contribution is 5.97. The van der Waals surface area contributed by atoms with E-state index >= 15 is 0 Å². The second kappa shape index (κ2) is 6.14. The molecule has 0 N–H and O–H groups in total.